The van der Waals surface area contributed by atoms with Crippen LogP contribution in [-0.4, -0.2) is 41.2 Å². The Kier molecular flexibility index (Phi) is 6.94. The van der Waals surface area contributed by atoms with Crippen LogP contribution in [0.15, 0.2) is 47.3 Å². The second-order valence-electron chi connectivity index (χ2n) is 9.31. The zero-order chi connectivity index (χ0) is 20.2. The topological polar surface area (TPSA) is 58.9 Å². The highest BCUT2D eigenvalue weighted by Crippen LogP contribution is 2.37. The molecule has 4 nitrogen and oxygen atoms in total. The molecule has 5 atom stereocenters. The van der Waals surface area contributed by atoms with Crippen molar-refractivity contribution >= 4 is 0 Å². The van der Waals surface area contributed by atoms with E-state index in [1.165, 1.54) is 36.8 Å². The summed E-state index contributed by atoms with van der Waals surface area (Å²) in [5.74, 6) is 1.85. The summed E-state index contributed by atoms with van der Waals surface area (Å²) in [6, 6.07) is 0. The van der Waals surface area contributed by atoms with Gasteiger partial charge in [-0.1, -0.05) is 29.4 Å². The summed E-state index contributed by atoms with van der Waals surface area (Å²) in [6.07, 6.45) is 20.3. The van der Waals surface area contributed by atoms with Crippen LogP contribution >= 0.6 is 0 Å². The van der Waals surface area contributed by atoms with Crippen LogP contribution in [0.25, 0.3) is 0 Å². The standard InChI is InChI=1S/C25H36O4/c1-17-6-9-19(25-15-21(27)14-24(16-26)29-25)13-20(17)12-18-7-10-23(11-8-18)28-22-4-2-3-5-22/h6-7,9-11,18-19,21-22,24-27H,2-5,8,12-16H2,1H3/t18?,19?,21-,24-,25+/m0/s1. The third-order valence-electron chi connectivity index (χ3n) is 6.99. The third-order valence-corrected chi connectivity index (χ3v) is 6.99. The predicted molar refractivity (Wildman–Crippen MR) is 114 cm³/mol. The highest BCUT2D eigenvalue weighted by molar-refractivity contribution is 5.31. The maximum absolute atomic E-state index is 10.2. The van der Waals surface area contributed by atoms with Crippen molar-refractivity contribution in [2.24, 2.45) is 11.8 Å². The molecule has 1 aliphatic heterocycles. The molecule has 0 radical (unpaired) electrons. The Bertz CT molecular complexity index is 683. The van der Waals surface area contributed by atoms with Crippen molar-refractivity contribution in [3.8, 4) is 0 Å². The molecular formula is C25H36O4. The molecule has 3 aliphatic carbocycles. The lowest BCUT2D eigenvalue weighted by molar-refractivity contribution is -0.125. The van der Waals surface area contributed by atoms with Crippen LogP contribution in [0, 0.1) is 11.8 Å². The minimum absolute atomic E-state index is 0.0107. The van der Waals surface area contributed by atoms with Crippen molar-refractivity contribution in [2.45, 2.75) is 89.1 Å². The van der Waals surface area contributed by atoms with Crippen molar-refractivity contribution in [3.05, 3.63) is 47.3 Å². The van der Waals surface area contributed by atoms with Gasteiger partial charge >= 0.3 is 0 Å². The molecule has 4 aliphatic rings. The summed E-state index contributed by atoms with van der Waals surface area (Å²) >= 11 is 0. The molecule has 160 valence electrons. The average molecular weight is 401 g/mol. The van der Waals surface area contributed by atoms with Crippen LogP contribution in [0.3, 0.4) is 0 Å². The lowest BCUT2D eigenvalue weighted by Crippen LogP contribution is -2.41. The van der Waals surface area contributed by atoms with Gasteiger partial charge < -0.3 is 19.7 Å². The van der Waals surface area contributed by atoms with Crippen LogP contribution in [-0.2, 0) is 9.47 Å². The van der Waals surface area contributed by atoms with Gasteiger partial charge in [-0.25, -0.2) is 0 Å². The highest BCUT2D eigenvalue weighted by atomic mass is 16.5. The summed E-state index contributed by atoms with van der Waals surface area (Å²) < 4.78 is 12.2. The summed E-state index contributed by atoms with van der Waals surface area (Å²) in [5, 5.41) is 19.6. The molecule has 4 heteroatoms. The van der Waals surface area contributed by atoms with Crippen molar-refractivity contribution in [2.75, 3.05) is 6.61 Å². The van der Waals surface area contributed by atoms with E-state index in [0.29, 0.717) is 24.9 Å². The van der Waals surface area contributed by atoms with Gasteiger partial charge in [-0.15, -0.1) is 0 Å². The van der Waals surface area contributed by atoms with Gasteiger partial charge in [0, 0.05) is 18.8 Å². The van der Waals surface area contributed by atoms with Crippen LogP contribution in [0.1, 0.15) is 64.7 Å². The Morgan fingerprint density at radius 2 is 1.97 bits per heavy atom. The van der Waals surface area contributed by atoms with E-state index >= 15 is 0 Å². The van der Waals surface area contributed by atoms with E-state index in [9.17, 15) is 10.2 Å². The highest BCUT2D eigenvalue weighted by Gasteiger charge is 2.33. The number of hydrogen-bond donors (Lipinski definition) is 2. The summed E-state index contributed by atoms with van der Waals surface area (Å²) in [6.45, 7) is 2.18. The number of aliphatic hydroxyl groups is 2. The van der Waals surface area contributed by atoms with E-state index < -0.39 is 0 Å². The first kappa shape index (κ1) is 20.9. The smallest absolute Gasteiger partial charge is 0.115 e. The number of ether oxygens (including phenoxy) is 2. The van der Waals surface area contributed by atoms with Crippen LogP contribution in [0.5, 0.6) is 0 Å². The number of rotatable bonds is 6. The van der Waals surface area contributed by atoms with Crippen molar-refractivity contribution in [1.29, 1.82) is 0 Å². The van der Waals surface area contributed by atoms with Gasteiger partial charge in [-0.05, 0) is 69.9 Å². The van der Waals surface area contributed by atoms with Crippen molar-refractivity contribution < 1.29 is 19.7 Å². The summed E-state index contributed by atoms with van der Waals surface area (Å²) in [7, 11) is 0. The molecule has 1 saturated carbocycles. The molecule has 0 spiro atoms. The molecule has 2 fully saturated rings. The molecule has 4 rings (SSSR count). The Morgan fingerprint density at radius 3 is 2.69 bits per heavy atom. The minimum Gasteiger partial charge on any atom is -0.491 e. The van der Waals surface area contributed by atoms with Crippen LogP contribution in [0.4, 0.5) is 0 Å². The molecule has 1 heterocycles. The molecule has 0 bridgehead atoms. The van der Waals surface area contributed by atoms with Gasteiger partial charge in [0.2, 0.25) is 0 Å². The van der Waals surface area contributed by atoms with Gasteiger partial charge in [0.1, 0.15) is 5.76 Å². The van der Waals surface area contributed by atoms with Crippen molar-refractivity contribution in [1.82, 2.24) is 0 Å². The number of aliphatic hydroxyl groups excluding tert-OH is 2. The molecule has 2 N–H and O–H groups in total. The summed E-state index contributed by atoms with van der Waals surface area (Å²) in [4.78, 5) is 0. The average Bonchev–Trinajstić information content (AvgIpc) is 3.23. The molecule has 0 aromatic heterocycles. The molecule has 0 aromatic carbocycles. The van der Waals surface area contributed by atoms with Crippen LogP contribution in [0.2, 0.25) is 0 Å². The Hall–Kier alpha value is -1.36. The quantitative estimate of drug-likeness (QED) is 0.685. The monoisotopic (exact) mass is 400 g/mol. The van der Waals surface area contributed by atoms with Gasteiger partial charge in [0.15, 0.2) is 0 Å². The Morgan fingerprint density at radius 1 is 1.14 bits per heavy atom. The normalized spacial score (nSPS) is 35.8. The maximum atomic E-state index is 10.2. The lowest BCUT2D eigenvalue weighted by atomic mass is 9.79. The largest absolute Gasteiger partial charge is 0.491 e. The zero-order valence-corrected chi connectivity index (χ0v) is 17.6. The molecule has 0 amide bonds. The molecule has 29 heavy (non-hydrogen) atoms. The van der Waals surface area contributed by atoms with Crippen LogP contribution < -0.4 is 0 Å². The van der Waals surface area contributed by atoms with E-state index in [1.807, 2.05) is 0 Å². The first-order chi connectivity index (χ1) is 14.1. The fourth-order valence-electron chi connectivity index (χ4n) is 5.22. The summed E-state index contributed by atoms with van der Waals surface area (Å²) in [5.41, 5.74) is 2.85. The van der Waals surface area contributed by atoms with E-state index in [0.717, 1.165) is 25.0 Å². The maximum Gasteiger partial charge on any atom is 0.115 e. The third kappa shape index (κ3) is 5.42. The van der Waals surface area contributed by atoms with Gasteiger partial charge in [-0.3, -0.25) is 0 Å². The molecule has 1 saturated heterocycles. The second-order valence-corrected chi connectivity index (χ2v) is 9.31. The SMILES string of the molecule is CC1=C(CC2C=CC(OC3CCCC3)=CC2)CC([C@H]2C[C@@H](O)C[C@@H](CO)O2)C=C1. The second kappa shape index (κ2) is 9.63. The molecule has 2 unspecified atom stereocenters. The Balaban J connectivity index is 1.31. The predicted octanol–water partition coefficient (Wildman–Crippen LogP) is 4.59. The first-order valence-corrected chi connectivity index (χ1v) is 11.5. The molecule has 0 aromatic rings. The first-order valence-electron chi connectivity index (χ1n) is 11.5. The lowest BCUT2D eigenvalue weighted by Gasteiger charge is -2.37. The zero-order valence-electron chi connectivity index (χ0n) is 17.6. The molecular weight excluding hydrogens is 364 g/mol. The number of hydrogen-bond acceptors (Lipinski definition) is 4. The van der Waals surface area contributed by atoms with Gasteiger partial charge in [-0.2, -0.15) is 0 Å². The van der Waals surface area contributed by atoms with E-state index in [1.54, 1.807) is 0 Å². The van der Waals surface area contributed by atoms with E-state index in [2.05, 4.69) is 37.3 Å². The fraction of sp³-hybridized carbons (Fsp3) is 0.680. The van der Waals surface area contributed by atoms with E-state index in [-0.39, 0.29) is 30.8 Å². The fourth-order valence-corrected chi connectivity index (χ4v) is 5.22. The van der Waals surface area contributed by atoms with Gasteiger partial charge in [0.05, 0.1) is 31.0 Å². The van der Waals surface area contributed by atoms with E-state index in [4.69, 9.17) is 9.47 Å². The van der Waals surface area contributed by atoms with Crippen molar-refractivity contribution in [3.63, 3.8) is 0 Å². The number of allylic oxidation sites excluding steroid dienone is 6. The van der Waals surface area contributed by atoms with Gasteiger partial charge in [0.25, 0.3) is 0 Å². The Labute approximate surface area is 175 Å². The minimum atomic E-state index is -0.376.